The molecule has 0 aromatic heterocycles. The Morgan fingerprint density at radius 1 is 1.50 bits per heavy atom. The van der Waals surface area contributed by atoms with Crippen LogP contribution < -0.4 is 0 Å². The molecule has 1 aliphatic carbocycles. The molecular formula is C7H10O. The molecule has 0 spiro atoms. The number of ketones is 1. The van der Waals surface area contributed by atoms with E-state index >= 15 is 0 Å². The minimum atomic E-state index is -0.149. The standard InChI is InChI=1S/C7H10O/c1-5-4-7(2,3)6(5)8/h4H,1-3H3. The van der Waals surface area contributed by atoms with E-state index in [0.29, 0.717) is 0 Å². The lowest BCUT2D eigenvalue weighted by Crippen LogP contribution is -2.31. The van der Waals surface area contributed by atoms with Crippen LogP contribution in [0.25, 0.3) is 0 Å². The van der Waals surface area contributed by atoms with Crippen molar-refractivity contribution in [1.82, 2.24) is 0 Å². The van der Waals surface area contributed by atoms with Gasteiger partial charge in [0.25, 0.3) is 0 Å². The fourth-order valence-corrected chi connectivity index (χ4v) is 1.10. The molecule has 0 radical (unpaired) electrons. The van der Waals surface area contributed by atoms with Crippen molar-refractivity contribution in [3.63, 3.8) is 0 Å². The molecule has 0 aromatic rings. The Morgan fingerprint density at radius 3 is 2.00 bits per heavy atom. The summed E-state index contributed by atoms with van der Waals surface area (Å²) in [5, 5.41) is 0. The van der Waals surface area contributed by atoms with Gasteiger partial charge in [0.2, 0.25) is 0 Å². The zero-order valence-corrected chi connectivity index (χ0v) is 5.49. The number of rotatable bonds is 0. The maximum atomic E-state index is 10.8. The molecule has 0 aromatic carbocycles. The highest BCUT2D eigenvalue weighted by Crippen LogP contribution is 2.32. The highest BCUT2D eigenvalue weighted by atomic mass is 16.1. The smallest absolute Gasteiger partial charge is 0.167 e. The molecule has 1 nitrogen and oxygen atoms in total. The molecule has 0 aliphatic heterocycles. The molecule has 0 unspecified atom stereocenters. The molecule has 1 rings (SSSR count). The van der Waals surface area contributed by atoms with Crippen LogP contribution in [-0.2, 0) is 4.79 Å². The molecular weight excluding hydrogens is 100 g/mol. The van der Waals surface area contributed by atoms with Crippen LogP contribution in [0.15, 0.2) is 11.6 Å². The van der Waals surface area contributed by atoms with Gasteiger partial charge < -0.3 is 0 Å². The molecule has 0 heterocycles. The second-order valence-corrected chi connectivity index (χ2v) is 2.88. The van der Waals surface area contributed by atoms with E-state index in [-0.39, 0.29) is 11.2 Å². The Balaban J connectivity index is 2.90. The molecule has 0 saturated carbocycles. The van der Waals surface area contributed by atoms with E-state index in [4.69, 9.17) is 0 Å². The Bertz CT molecular complexity index is 163. The SMILES string of the molecule is CC1=CC(C)(C)C1=O. The maximum Gasteiger partial charge on any atom is 0.167 e. The van der Waals surface area contributed by atoms with Crippen molar-refractivity contribution >= 4 is 5.78 Å². The first-order valence-electron chi connectivity index (χ1n) is 2.78. The molecule has 1 aliphatic rings. The van der Waals surface area contributed by atoms with Crippen molar-refractivity contribution in [3.05, 3.63) is 11.6 Å². The Hall–Kier alpha value is -0.590. The van der Waals surface area contributed by atoms with Gasteiger partial charge in [-0.2, -0.15) is 0 Å². The van der Waals surface area contributed by atoms with E-state index in [1.54, 1.807) is 0 Å². The highest BCUT2D eigenvalue weighted by Gasteiger charge is 2.34. The van der Waals surface area contributed by atoms with Crippen molar-refractivity contribution in [1.29, 1.82) is 0 Å². The van der Waals surface area contributed by atoms with E-state index in [2.05, 4.69) is 0 Å². The average Bonchev–Trinajstić information content (AvgIpc) is 1.65. The number of allylic oxidation sites excluding steroid dienone is 2. The van der Waals surface area contributed by atoms with Gasteiger partial charge in [-0.25, -0.2) is 0 Å². The van der Waals surface area contributed by atoms with Crippen LogP contribution in [0.3, 0.4) is 0 Å². The summed E-state index contributed by atoms with van der Waals surface area (Å²) in [4.78, 5) is 10.8. The molecule has 8 heavy (non-hydrogen) atoms. The van der Waals surface area contributed by atoms with Gasteiger partial charge in [0.15, 0.2) is 5.78 Å². The molecule has 0 bridgehead atoms. The molecule has 1 heteroatoms. The molecule has 44 valence electrons. The first-order chi connectivity index (χ1) is 3.54. The zero-order valence-electron chi connectivity index (χ0n) is 5.49. The van der Waals surface area contributed by atoms with Crippen molar-refractivity contribution in [2.24, 2.45) is 5.41 Å². The van der Waals surface area contributed by atoms with E-state index in [1.165, 1.54) is 0 Å². The van der Waals surface area contributed by atoms with Crippen LogP contribution >= 0.6 is 0 Å². The molecule has 0 amide bonds. The number of Topliss-reactive ketones (excluding diaryl/α,β-unsaturated/α-hetero) is 1. The fraction of sp³-hybridized carbons (Fsp3) is 0.571. The monoisotopic (exact) mass is 110 g/mol. The summed E-state index contributed by atoms with van der Waals surface area (Å²) < 4.78 is 0. The lowest BCUT2D eigenvalue weighted by molar-refractivity contribution is -0.123. The van der Waals surface area contributed by atoms with Crippen LogP contribution in [0.2, 0.25) is 0 Å². The fourth-order valence-electron chi connectivity index (χ4n) is 1.10. The second kappa shape index (κ2) is 1.22. The van der Waals surface area contributed by atoms with E-state index in [1.807, 2.05) is 26.8 Å². The first-order valence-corrected chi connectivity index (χ1v) is 2.78. The summed E-state index contributed by atoms with van der Waals surface area (Å²) in [5.41, 5.74) is 0.763. The third kappa shape index (κ3) is 0.507. The van der Waals surface area contributed by atoms with Gasteiger partial charge >= 0.3 is 0 Å². The van der Waals surface area contributed by atoms with Crippen LogP contribution in [0.5, 0.6) is 0 Å². The Morgan fingerprint density at radius 2 is 2.00 bits per heavy atom. The van der Waals surface area contributed by atoms with Crippen molar-refractivity contribution in [2.45, 2.75) is 20.8 Å². The Kier molecular flexibility index (Phi) is 0.844. The molecule has 0 N–H and O–H groups in total. The van der Waals surface area contributed by atoms with Gasteiger partial charge in [-0.05, 0) is 26.3 Å². The lowest BCUT2D eigenvalue weighted by Gasteiger charge is -2.28. The van der Waals surface area contributed by atoms with Gasteiger partial charge in [0, 0.05) is 5.41 Å². The third-order valence-electron chi connectivity index (χ3n) is 1.52. The van der Waals surface area contributed by atoms with Crippen molar-refractivity contribution in [3.8, 4) is 0 Å². The topological polar surface area (TPSA) is 17.1 Å². The predicted molar refractivity (Wildman–Crippen MR) is 32.5 cm³/mol. The normalized spacial score (nSPS) is 24.4. The minimum absolute atomic E-state index is 0.149. The number of hydrogen-bond donors (Lipinski definition) is 0. The van der Waals surface area contributed by atoms with E-state index in [9.17, 15) is 4.79 Å². The van der Waals surface area contributed by atoms with Gasteiger partial charge in [-0.3, -0.25) is 4.79 Å². The van der Waals surface area contributed by atoms with Gasteiger partial charge in [-0.1, -0.05) is 6.08 Å². The van der Waals surface area contributed by atoms with Crippen molar-refractivity contribution < 1.29 is 4.79 Å². The minimum Gasteiger partial charge on any atom is -0.294 e. The Labute approximate surface area is 49.4 Å². The summed E-state index contributed by atoms with van der Waals surface area (Å²) in [6.07, 6.45) is 2.00. The zero-order chi connectivity index (χ0) is 6.36. The molecule has 0 saturated heterocycles. The van der Waals surface area contributed by atoms with Crippen LogP contribution in [-0.4, -0.2) is 5.78 Å². The quantitative estimate of drug-likeness (QED) is 0.462. The number of hydrogen-bond acceptors (Lipinski definition) is 1. The number of carbonyl (C=O) groups excluding carboxylic acids is 1. The van der Waals surface area contributed by atoms with Crippen LogP contribution in [0.1, 0.15) is 20.8 Å². The summed E-state index contributed by atoms with van der Waals surface area (Å²) in [6, 6.07) is 0. The summed E-state index contributed by atoms with van der Waals surface area (Å²) >= 11 is 0. The molecule has 0 fully saturated rings. The maximum absolute atomic E-state index is 10.8. The van der Waals surface area contributed by atoms with Crippen molar-refractivity contribution in [2.75, 3.05) is 0 Å². The van der Waals surface area contributed by atoms with Crippen LogP contribution in [0, 0.1) is 5.41 Å². The summed E-state index contributed by atoms with van der Waals surface area (Å²) in [6.45, 7) is 5.72. The van der Waals surface area contributed by atoms with Crippen LogP contribution in [0.4, 0.5) is 0 Å². The molecule has 0 atom stereocenters. The average molecular weight is 110 g/mol. The summed E-state index contributed by atoms with van der Waals surface area (Å²) in [5.74, 6) is 0.289. The summed E-state index contributed by atoms with van der Waals surface area (Å²) in [7, 11) is 0. The van der Waals surface area contributed by atoms with Gasteiger partial charge in [-0.15, -0.1) is 0 Å². The lowest BCUT2D eigenvalue weighted by atomic mass is 9.74. The van der Waals surface area contributed by atoms with Gasteiger partial charge in [0.1, 0.15) is 0 Å². The highest BCUT2D eigenvalue weighted by molar-refractivity contribution is 6.06. The predicted octanol–water partition coefficient (Wildman–Crippen LogP) is 1.54. The van der Waals surface area contributed by atoms with Gasteiger partial charge in [0.05, 0.1) is 0 Å². The van der Waals surface area contributed by atoms with E-state index in [0.717, 1.165) is 5.57 Å². The number of carbonyl (C=O) groups is 1. The third-order valence-corrected chi connectivity index (χ3v) is 1.52. The van der Waals surface area contributed by atoms with E-state index < -0.39 is 0 Å². The second-order valence-electron chi connectivity index (χ2n) is 2.88. The first kappa shape index (κ1) is 5.54. The largest absolute Gasteiger partial charge is 0.294 e.